The van der Waals surface area contributed by atoms with Gasteiger partial charge in [-0.15, -0.1) is 12.4 Å². The van der Waals surface area contributed by atoms with Crippen LogP contribution in [0.5, 0.6) is 5.75 Å². The third-order valence-electron chi connectivity index (χ3n) is 2.86. The summed E-state index contributed by atoms with van der Waals surface area (Å²) in [6.45, 7) is 7.03. The Hall–Kier alpha value is -0.770. The first-order chi connectivity index (χ1) is 7.96. The van der Waals surface area contributed by atoms with E-state index < -0.39 is 0 Å². The molecular formula is C14H25ClN2O. The van der Waals surface area contributed by atoms with Crippen molar-refractivity contribution in [2.45, 2.75) is 20.4 Å². The Balaban J connectivity index is 0.00000289. The van der Waals surface area contributed by atoms with Crippen LogP contribution < -0.4 is 10.5 Å². The molecule has 104 valence electrons. The lowest BCUT2D eigenvalue weighted by Gasteiger charge is -2.29. The van der Waals surface area contributed by atoms with Crippen molar-refractivity contribution in [2.75, 3.05) is 27.2 Å². The summed E-state index contributed by atoms with van der Waals surface area (Å²) in [7, 11) is 3.81. The second kappa shape index (κ2) is 7.62. The first kappa shape index (κ1) is 17.2. The first-order valence-corrected chi connectivity index (χ1v) is 5.98. The fraction of sp³-hybridized carbons (Fsp3) is 0.571. The zero-order valence-corrected chi connectivity index (χ0v) is 12.6. The van der Waals surface area contributed by atoms with Gasteiger partial charge in [-0.1, -0.05) is 26.0 Å². The van der Waals surface area contributed by atoms with Crippen LogP contribution in [0.4, 0.5) is 0 Å². The molecule has 1 aromatic carbocycles. The van der Waals surface area contributed by atoms with Crippen LogP contribution in [0.25, 0.3) is 0 Å². The van der Waals surface area contributed by atoms with Crippen LogP contribution in [-0.4, -0.2) is 32.1 Å². The molecule has 3 nitrogen and oxygen atoms in total. The third kappa shape index (κ3) is 5.71. The summed E-state index contributed by atoms with van der Waals surface area (Å²) in [5, 5.41) is 0. The van der Waals surface area contributed by atoms with E-state index in [4.69, 9.17) is 10.5 Å². The number of ether oxygens (including phenoxy) is 1. The van der Waals surface area contributed by atoms with Crippen molar-refractivity contribution in [1.82, 2.24) is 4.90 Å². The first-order valence-electron chi connectivity index (χ1n) is 5.98. The number of methoxy groups -OCH3 is 1. The molecule has 0 aliphatic heterocycles. The number of nitrogens with zero attached hydrogens (tertiary/aromatic N) is 1. The highest BCUT2D eigenvalue weighted by Crippen LogP contribution is 2.17. The molecular weight excluding hydrogens is 248 g/mol. The van der Waals surface area contributed by atoms with Crippen molar-refractivity contribution < 1.29 is 4.74 Å². The van der Waals surface area contributed by atoms with Gasteiger partial charge in [0, 0.05) is 13.1 Å². The van der Waals surface area contributed by atoms with Gasteiger partial charge < -0.3 is 15.4 Å². The smallest absolute Gasteiger partial charge is 0.118 e. The monoisotopic (exact) mass is 272 g/mol. The number of hydrogen-bond acceptors (Lipinski definition) is 3. The van der Waals surface area contributed by atoms with Gasteiger partial charge in [-0.3, -0.25) is 0 Å². The van der Waals surface area contributed by atoms with E-state index >= 15 is 0 Å². The molecule has 0 radical (unpaired) electrons. The van der Waals surface area contributed by atoms with Crippen LogP contribution in [-0.2, 0) is 6.54 Å². The summed E-state index contributed by atoms with van der Waals surface area (Å²) in [5.74, 6) is 0.902. The average Bonchev–Trinajstić information content (AvgIpc) is 2.29. The maximum Gasteiger partial charge on any atom is 0.118 e. The topological polar surface area (TPSA) is 38.5 Å². The standard InChI is InChI=1S/C14H24N2O.ClH/c1-14(2,10-15)11-16(3)9-12-5-7-13(17-4)8-6-12;/h5-8H,9-11,15H2,1-4H3;1H. The van der Waals surface area contributed by atoms with Crippen molar-refractivity contribution in [3.63, 3.8) is 0 Å². The number of rotatable bonds is 6. The summed E-state index contributed by atoms with van der Waals surface area (Å²) in [6, 6.07) is 8.20. The molecule has 1 rings (SSSR count). The third-order valence-corrected chi connectivity index (χ3v) is 2.86. The van der Waals surface area contributed by atoms with Crippen LogP contribution in [0.2, 0.25) is 0 Å². The summed E-state index contributed by atoms with van der Waals surface area (Å²) in [6.07, 6.45) is 0. The van der Waals surface area contributed by atoms with Crippen molar-refractivity contribution in [3.05, 3.63) is 29.8 Å². The maximum atomic E-state index is 5.74. The number of hydrogen-bond donors (Lipinski definition) is 1. The molecule has 0 saturated carbocycles. The molecule has 0 heterocycles. The minimum Gasteiger partial charge on any atom is -0.497 e. The van der Waals surface area contributed by atoms with Gasteiger partial charge in [0.1, 0.15) is 5.75 Å². The predicted octanol–water partition coefficient (Wildman–Crippen LogP) is 2.53. The van der Waals surface area contributed by atoms with Gasteiger partial charge in [-0.2, -0.15) is 0 Å². The van der Waals surface area contributed by atoms with Gasteiger partial charge in [-0.05, 0) is 36.7 Å². The summed E-state index contributed by atoms with van der Waals surface area (Å²) < 4.78 is 5.14. The molecule has 0 bridgehead atoms. The van der Waals surface area contributed by atoms with Crippen molar-refractivity contribution in [2.24, 2.45) is 11.1 Å². The fourth-order valence-corrected chi connectivity index (χ4v) is 1.89. The molecule has 4 heteroatoms. The van der Waals surface area contributed by atoms with Crippen LogP contribution in [0, 0.1) is 5.41 Å². The molecule has 2 N–H and O–H groups in total. The highest BCUT2D eigenvalue weighted by Gasteiger charge is 2.17. The highest BCUT2D eigenvalue weighted by molar-refractivity contribution is 5.85. The molecule has 18 heavy (non-hydrogen) atoms. The van der Waals surface area contributed by atoms with Gasteiger partial charge in [0.2, 0.25) is 0 Å². The summed E-state index contributed by atoms with van der Waals surface area (Å²) >= 11 is 0. The summed E-state index contributed by atoms with van der Waals surface area (Å²) in [4.78, 5) is 2.30. The average molecular weight is 273 g/mol. The Kier molecular flexibility index (Phi) is 7.29. The number of halogens is 1. The second-order valence-corrected chi connectivity index (χ2v) is 5.39. The lowest BCUT2D eigenvalue weighted by Crippen LogP contribution is -2.36. The maximum absolute atomic E-state index is 5.74. The Labute approximate surface area is 117 Å². The molecule has 0 atom stereocenters. The Bertz CT molecular complexity index is 338. The van der Waals surface area contributed by atoms with E-state index in [1.807, 2.05) is 12.1 Å². The highest BCUT2D eigenvalue weighted by atomic mass is 35.5. The van der Waals surface area contributed by atoms with Gasteiger partial charge in [0.05, 0.1) is 7.11 Å². The van der Waals surface area contributed by atoms with Gasteiger partial charge >= 0.3 is 0 Å². The van der Waals surface area contributed by atoms with Crippen molar-refractivity contribution >= 4 is 12.4 Å². The molecule has 0 aromatic heterocycles. The summed E-state index contributed by atoms with van der Waals surface area (Å²) in [5.41, 5.74) is 7.20. The number of benzene rings is 1. The van der Waals surface area contributed by atoms with Crippen LogP contribution in [0.3, 0.4) is 0 Å². The van der Waals surface area contributed by atoms with Gasteiger partial charge in [-0.25, -0.2) is 0 Å². The van der Waals surface area contributed by atoms with E-state index in [1.54, 1.807) is 7.11 Å². The predicted molar refractivity (Wildman–Crippen MR) is 79.4 cm³/mol. The van der Waals surface area contributed by atoms with Crippen LogP contribution >= 0.6 is 12.4 Å². The van der Waals surface area contributed by atoms with Crippen molar-refractivity contribution in [1.29, 1.82) is 0 Å². The zero-order chi connectivity index (χ0) is 12.9. The molecule has 0 amide bonds. The molecule has 0 saturated heterocycles. The zero-order valence-electron chi connectivity index (χ0n) is 11.8. The van der Waals surface area contributed by atoms with Crippen molar-refractivity contribution in [3.8, 4) is 5.75 Å². The van der Waals surface area contributed by atoms with E-state index in [9.17, 15) is 0 Å². The van der Waals surface area contributed by atoms with Gasteiger partial charge in [0.15, 0.2) is 0 Å². The Morgan fingerprint density at radius 3 is 2.22 bits per heavy atom. The van der Waals surface area contributed by atoms with E-state index in [0.29, 0.717) is 6.54 Å². The lowest BCUT2D eigenvalue weighted by atomic mass is 9.93. The molecule has 1 aromatic rings. The normalized spacial score (nSPS) is 11.2. The van der Waals surface area contributed by atoms with Gasteiger partial charge in [0.25, 0.3) is 0 Å². The quantitative estimate of drug-likeness (QED) is 0.865. The van der Waals surface area contributed by atoms with E-state index in [1.165, 1.54) is 5.56 Å². The minimum absolute atomic E-state index is 0. The Morgan fingerprint density at radius 1 is 1.22 bits per heavy atom. The molecule has 0 unspecified atom stereocenters. The second-order valence-electron chi connectivity index (χ2n) is 5.39. The molecule has 0 aliphatic rings. The molecule has 0 spiro atoms. The SMILES string of the molecule is COc1ccc(CN(C)CC(C)(C)CN)cc1.Cl. The van der Waals surface area contributed by atoms with Crippen LogP contribution in [0.1, 0.15) is 19.4 Å². The Morgan fingerprint density at radius 2 is 1.78 bits per heavy atom. The van der Waals surface area contributed by atoms with E-state index in [2.05, 4.69) is 37.9 Å². The largest absolute Gasteiger partial charge is 0.497 e. The lowest BCUT2D eigenvalue weighted by molar-refractivity contribution is 0.210. The molecule has 0 aliphatic carbocycles. The number of nitrogens with two attached hydrogens (primary N) is 1. The van der Waals surface area contributed by atoms with E-state index in [0.717, 1.165) is 18.8 Å². The van der Waals surface area contributed by atoms with Crippen LogP contribution in [0.15, 0.2) is 24.3 Å². The minimum atomic E-state index is 0. The van der Waals surface area contributed by atoms with E-state index in [-0.39, 0.29) is 17.8 Å². The fourth-order valence-electron chi connectivity index (χ4n) is 1.89. The molecule has 0 fully saturated rings.